The molecule has 0 aliphatic heterocycles. The molecule has 108 heavy (non-hydrogen) atoms. The number of carbonyl (C=O) groups is 13. The van der Waals surface area contributed by atoms with E-state index in [1.807, 2.05) is 0 Å². The number of amides is 13. The molecule has 0 spiro atoms. The molecule has 13 amide bonds. The van der Waals surface area contributed by atoms with Crippen LogP contribution in [0.5, 0.6) is 5.75 Å². The number of phenols is 1. The van der Waals surface area contributed by atoms with Gasteiger partial charge in [0.05, 0.1) is 18.8 Å². The highest BCUT2D eigenvalue weighted by Gasteiger charge is 2.38. The highest BCUT2D eigenvalue weighted by Crippen LogP contribution is 2.18. The first-order chi connectivity index (χ1) is 50.8. The lowest BCUT2D eigenvalue weighted by molar-refractivity contribution is -0.137. The Balaban J connectivity index is 3.44. The molecule has 0 radical (unpaired) electrons. The van der Waals surface area contributed by atoms with E-state index in [9.17, 15) is 77.6 Å². The molecule has 0 aromatic heterocycles. The SMILES string of the molecule is CCCCCCCCCCCCCCC(NC(=O)CNC(=O)[C@@H](NC(=O)[C@@H](NC(=O)[C@H](CC(C)C)NC(=O)[C@H](C)NC(=O)[C@H](CCCN=C(N)N)NC(=O)[C@@H](NC(=O)[C@H](CCCN=C(N)N)NC(=O)[C@H](CCC(N)=O)NC(=O)[C@H](Cc1ccc(O)cc1)NC(=O)[C@@H](N)[C@@H](C)O)[C@@H](C)CC)C(C)C)[C@@H](C)O)C(N)=O. The Labute approximate surface area is 634 Å². The second-order valence-electron chi connectivity index (χ2n) is 28.5. The summed E-state index contributed by atoms with van der Waals surface area (Å²) in [4.78, 5) is 186. The lowest BCUT2D eigenvalue weighted by atomic mass is 9.96. The van der Waals surface area contributed by atoms with Crippen LogP contribution in [0.2, 0.25) is 0 Å². The molecule has 14 atom stereocenters. The predicted molar refractivity (Wildman–Crippen MR) is 408 cm³/mol. The molecular formula is C72H128N20O16. The van der Waals surface area contributed by atoms with E-state index in [0.717, 1.165) is 25.7 Å². The van der Waals surface area contributed by atoms with Crippen molar-refractivity contribution in [2.75, 3.05) is 19.6 Å². The average molecular weight is 1530 g/mol. The number of rotatable bonds is 56. The van der Waals surface area contributed by atoms with Gasteiger partial charge in [0.15, 0.2) is 11.9 Å². The minimum Gasteiger partial charge on any atom is -0.508 e. The summed E-state index contributed by atoms with van der Waals surface area (Å²) >= 11 is 0. The Kier molecular flexibility index (Phi) is 47.0. The maximum Gasteiger partial charge on any atom is 0.245 e. The fourth-order valence-electron chi connectivity index (χ4n) is 11.2. The van der Waals surface area contributed by atoms with Gasteiger partial charge in [-0.15, -0.1) is 0 Å². The molecular weight excluding hydrogens is 1400 g/mol. The molecule has 36 nitrogen and oxygen atoms in total. The second kappa shape index (κ2) is 52.5. The molecule has 1 unspecified atom stereocenters. The first-order valence-corrected chi connectivity index (χ1v) is 37.7. The number of aliphatic imine (C=N–C) groups is 2. The third-order valence-electron chi connectivity index (χ3n) is 17.9. The van der Waals surface area contributed by atoms with Crippen molar-refractivity contribution in [3.05, 3.63) is 29.8 Å². The molecule has 0 aliphatic carbocycles. The third-order valence-corrected chi connectivity index (χ3v) is 17.9. The predicted octanol–water partition coefficient (Wildman–Crippen LogP) is -2.29. The maximum absolute atomic E-state index is 14.6. The lowest BCUT2D eigenvalue weighted by Crippen LogP contribution is -2.62. The highest BCUT2D eigenvalue weighted by molar-refractivity contribution is 5.99. The Morgan fingerprint density at radius 3 is 1.32 bits per heavy atom. The zero-order valence-corrected chi connectivity index (χ0v) is 64.8. The summed E-state index contributed by atoms with van der Waals surface area (Å²) in [5.41, 5.74) is 39.7. The topological polar surface area (TPSA) is 622 Å². The van der Waals surface area contributed by atoms with Gasteiger partial charge in [-0.25, -0.2) is 0 Å². The van der Waals surface area contributed by atoms with Crippen LogP contribution < -0.4 is 98.6 Å². The molecule has 28 N–H and O–H groups in total. The van der Waals surface area contributed by atoms with Gasteiger partial charge in [-0.3, -0.25) is 72.3 Å². The smallest absolute Gasteiger partial charge is 0.245 e. The van der Waals surface area contributed by atoms with Gasteiger partial charge in [0, 0.05) is 25.9 Å². The van der Waals surface area contributed by atoms with Crippen LogP contribution >= 0.6 is 0 Å². The molecule has 0 fully saturated rings. The number of hydrogen-bond acceptors (Lipinski definition) is 19. The second-order valence-corrected chi connectivity index (χ2v) is 28.5. The van der Waals surface area contributed by atoms with Gasteiger partial charge in [0.25, 0.3) is 0 Å². The van der Waals surface area contributed by atoms with Crippen LogP contribution in [-0.4, -0.2) is 202 Å². The number of aliphatic hydroxyl groups is 2. The fraction of sp³-hybridized carbons (Fsp3) is 0.708. The zero-order valence-electron chi connectivity index (χ0n) is 64.8. The number of aliphatic hydroxyl groups excluding tert-OH is 2. The number of guanidine groups is 2. The van der Waals surface area contributed by atoms with E-state index in [4.69, 9.17) is 40.1 Å². The number of carbonyl (C=O) groups excluding carboxylic acids is 13. The number of nitrogens with one attached hydrogen (secondary N) is 11. The van der Waals surface area contributed by atoms with Crippen molar-refractivity contribution in [1.29, 1.82) is 0 Å². The van der Waals surface area contributed by atoms with Crippen molar-refractivity contribution in [2.45, 2.75) is 289 Å². The summed E-state index contributed by atoms with van der Waals surface area (Å²) in [6.45, 7) is 15.3. The van der Waals surface area contributed by atoms with Crippen molar-refractivity contribution in [1.82, 2.24) is 58.5 Å². The zero-order chi connectivity index (χ0) is 81.8. The molecule has 0 bridgehead atoms. The summed E-state index contributed by atoms with van der Waals surface area (Å²) in [5.74, 6) is -13.9. The number of hydrogen-bond donors (Lipinski definition) is 21. The molecule has 0 saturated carbocycles. The van der Waals surface area contributed by atoms with Crippen LogP contribution in [0.4, 0.5) is 0 Å². The number of nitrogens with zero attached hydrogens (tertiary/aromatic N) is 2. The monoisotopic (exact) mass is 1530 g/mol. The number of primary amides is 2. The summed E-state index contributed by atoms with van der Waals surface area (Å²) < 4.78 is 0. The van der Waals surface area contributed by atoms with Crippen molar-refractivity contribution in [3.63, 3.8) is 0 Å². The van der Waals surface area contributed by atoms with Crippen LogP contribution in [-0.2, 0) is 68.7 Å². The van der Waals surface area contributed by atoms with Crippen LogP contribution in [0.1, 0.15) is 210 Å². The van der Waals surface area contributed by atoms with Crippen LogP contribution in [0.3, 0.4) is 0 Å². The average Bonchev–Trinajstić information content (AvgIpc) is 0.854. The van der Waals surface area contributed by atoms with Crippen LogP contribution in [0.15, 0.2) is 34.3 Å². The minimum atomic E-state index is -1.64. The molecule has 1 aromatic carbocycles. The first-order valence-electron chi connectivity index (χ1n) is 37.7. The van der Waals surface area contributed by atoms with Gasteiger partial charge in [0.1, 0.15) is 72.2 Å². The van der Waals surface area contributed by atoms with Gasteiger partial charge < -0.3 is 114 Å². The van der Waals surface area contributed by atoms with Crippen molar-refractivity contribution in [2.24, 2.45) is 67.9 Å². The fourth-order valence-corrected chi connectivity index (χ4v) is 11.2. The van der Waals surface area contributed by atoms with E-state index in [1.54, 1.807) is 41.5 Å². The Morgan fingerprint density at radius 2 is 0.852 bits per heavy atom. The molecule has 0 saturated heterocycles. The van der Waals surface area contributed by atoms with E-state index < -0.39 is 187 Å². The number of nitrogens with two attached hydrogens (primary N) is 7. The van der Waals surface area contributed by atoms with Gasteiger partial charge >= 0.3 is 0 Å². The van der Waals surface area contributed by atoms with E-state index in [-0.39, 0.29) is 81.6 Å². The summed E-state index contributed by atoms with van der Waals surface area (Å²) in [5, 5.41) is 58.7. The maximum atomic E-state index is 14.6. The lowest BCUT2D eigenvalue weighted by Gasteiger charge is -2.30. The quantitative estimate of drug-likeness (QED) is 0.0185. The summed E-state index contributed by atoms with van der Waals surface area (Å²) in [7, 11) is 0. The molecule has 1 rings (SSSR count). The van der Waals surface area contributed by atoms with Crippen molar-refractivity contribution >= 4 is 88.7 Å². The number of unbranched alkanes of at least 4 members (excludes halogenated alkanes) is 11. The van der Waals surface area contributed by atoms with Crippen molar-refractivity contribution in [3.8, 4) is 5.75 Å². The van der Waals surface area contributed by atoms with Gasteiger partial charge in [-0.05, 0) is 101 Å². The minimum absolute atomic E-state index is 0.00729. The summed E-state index contributed by atoms with van der Waals surface area (Å²) in [6, 6.07) is -10.2. The van der Waals surface area contributed by atoms with Gasteiger partial charge in [0.2, 0.25) is 76.8 Å². The van der Waals surface area contributed by atoms with E-state index in [0.29, 0.717) is 18.4 Å². The van der Waals surface area contributed by atoms with E-state index in [2.05, 4.69) is 75.4 Å². The standard InChI is InChI=1S/C72H128N20O16/c1-11-13-14-15-16-17-18-19-20-21-22-23-26-48(60(75)98)84-55(97)39-82-68(106)59(45(10)94)92-69(107)57(41(5)6)90-66(104)52(37-40(3)4)88-61(99)43(8)83-62(100)49(27-24-35-80-71(76)77)87-70(108)58(42(7)12-2)91-64(102)50(28-25-36-81-72(78)79)85-63(101)51(33-34-54(73)96)86-65(103)53(89-67(105)56(74)44(9)93)38-46-29-31-47(95)32-30-46/h29-32,40-45,48-53,56-59,93-95H,11-28,33-39,74H2,1-10H3,(H2,73,96)(H2,75,98)(H,82,106)(H,83,100)(H,84,97)(H,85,101)(H,86,103)(H,87,108)(H,88,99)(H,89,105)(H,90,104)(H,91,102)(H,92,107)(H4,76,77,80)(H4,78,79,81)/t42-,43-,44+,45+,48?,49-,50-,51-,52-,53-,56-,57-,58-,59-/m0/s1. The Bertz CT molecular complexity index is 3070. The summed E-state index contributed by atoms with van der Waals surface area (Å²) in [6.07, 6.45) is 9.64. The highest BCUT2D eigenvalue weighted by atomic mass is 16.3. The largest absolute Gasteiger partial charge is 0.508 e. The van der Waals surface area contributed by atoms with Gasteiger partial charge in [-0.1, -0.05) is 144 Å². The molecule has 0 aliphatic rings. The number of benzene rings is 1. The number of aromatic hydroxyl groups is 1. The number of phenolic OH excluding ortho intramolecular Hbond substituents is 1. The van der Waals surface area contributed by atoms with Crippen molar-refractivity contribution < 1.29 is 77.6 Å². The normalized spacial score (nSPS) is 15.1. The van der Waals surface area contributed by atoms with Gasteiger partial charge in [-0.2, -0.15) is 0 Å². The van der Waals surface area contributed by atoms with Crippen LogP contribution in [0, 0.1) is 17.8 Å². The molecule has 1 aromatic rings. The Hall–Kier alpha value is -9.45. The van der Waals surface area contributed by atoms with Crippen LogP contribution in [0.25, 0.3) is 0 Å². The third kappa shape index (κ3) is 39.9. The van der Waals surface area contributed by atoms with E-state index in [1.165, 1.54) is 90.0 Å². The molecule has 0 heterocycles. The molecule has 36 heteroatoms. The van der Waals surface area contributed by atoms with E-state index >= 15 is 0 Å². The Morgan fingerprint density at radius 1 is 0.426 bits per heavy atom. The first kappa shape index (κ1) is 96.6. The molecule has 612 valence electrons.